The average molecular weight is 988 g/mol. The Labute approximate surface area is 442 Å². The first kappa shape index (κ1) is 46.1. The summed E-state index contributed by atoms with van der Waals surface area (Å²) in [4.78, 5) is 11.7. The van der Waals surface area contributed by atoms with Gasteiger partial charge in [-0.1, -0.05) is 184 Å². The van der Waals surface area contributed by atoms with Crippen molar-refractivity contribution in [3.8, 4) is 45.1 Å². The molecule has 0 unspecified atom stereocenters. The van der Waals surface area contributed by atoms with Gasteiger partial charge in [0.05, 0.1) is 55.4 Å². The van der Waals surface area contributed by atoms with Gasteiger partial charge in [0.1, 0.15) is 17.2 Å². The van der Waals surface area contributed by atoms with Gasteiger partial charge in [-0.3, -0.25) is 8.97 Å². The number of imidazole rings is 2. The normalized spacial score (nSPS) is 12.9. The highest BCUT2D eigenvalue weighted by atomic mass is 16.3. The number of para-hydroxylation sites is 5. The quantitative estimate of drug-likeness (QED) is 0.169. The number of phenols is 1. The van der Waals surface area contributed by atoms with Crippen LogP contribution < -0.4 is 0 Å². The van der Waals surface area contributed by atoms with E-state index in [1.54, 1.807) is 0 Å². The van der Waals surface area contributed by atoms with Crippen molar-refractivity contribution in [2.75, 3.05) is 0 Å². The Hall–Kier alpha value is -8.48. The highest BCUT2D eigenvalue weighted by molar-refractivity contribution is 6.37. The van der Waals surface area contributed by atoms with Crippen LogP contribution in [0.3, 0.4) is 0 Å². The summed E-state index contributed by atoms with van der Waals surface area (Å²) in [7, 11) is 0. The second kappa shape index (κ2) is 16.3. The molecule has 1 N–H and O–H groups in total. The third-order valence-corrected chi connectivity index (χ3v) is 16.5. The molecule has 0 saturated carbocycles. The molecule has 5 aromatic heterocycles. The van der Waals surface area contributed by atoms with Crippen LogP contribution in [0.1, 0.15) is 103 Å². The van der Waals surface area contributed by atoms with E-state index in [1.165, 1.54) is 71.1 Å². The van der Waals surface area contributed by atoms with Crippen LogP contribution in [0.5, 0.6) is 5.75 Å². The van der Waals surface area contributed by atoms with Crippen LogP contribution in [0.25, 0.3) is 127 Å². The fourth-order valence-electron chi connectivity index (χ4n) is 12.7. The Balaban J connectivity index is 1.12. The van der Waals surface area contributed by atoms with Gasteiger partial charge in [-0.15, -0.1) is 0 Å². The first-order valence-electron chi connectivity index (χ1n) is 27.0. The van der Waals surface area contributed by atoms with Gasteiger partial charge in [-0.2, -0.15) is 0 Å². The minimum atomic E-state index is -0.344. The van der Waals surface area contributed by atoms with Gasteiger partial charge in [0.2, 0.25) is 0 Å². The molecule has 14 rings (SSSR count). The predicted octanol–water partition coefficient (Wildman–Crippen LogP) is 18.8. The van der Waals surface area contributed by atoms with Crippen molar-refractivity contribution in [2.24, 2.45) is 0 Å². The number of pyridine rings is 1. The molecule has 6 nitrogen and oxygen atoms in total. The summed E-state index contributed by atoms with van der Waals surface area (Å²) in [5, 5.41) is 21.3. The fraction of sp³-hybridized carbons (Fsp3) is 0.200. The van der Waals surface area contributed by atoms with E-state index >= 15 is 0 Å². The van der Waals surface area contributed by atoms with Gasteiger partial charge in [-0.25, -0.2) is 9.97 Å². The Kier molecular flexibility index (Phi) is 9.86. The molecule has 14 aromatic rings. The van der Waals surface area contributed by atoms with E-state index in [0.717, 1.165) is 72.1 Å². The second-order valence-corrected chi connectivity index (χ2v) is 23.9. The third kappa shape index (κ3) is 6.52. The maximum absolute atomic E-state index is 12.8. The fourth-order valence-corrected chi connectivity index (χ4v) is 12.7. The zero-order valence-electron chi connectivity index (χ0n) is 45.0. The van der Waals surface area contributed by atoms with E-state index in [1.807, 2.05) is 0 Å². The second-order valence-electron chi connectivity index (χ2n) is 23.9. The summed E-state index contributed by atoms with van der Waals surface area (Å²) in [6.07, 6.45) is 0. The summed E-state index contributed by atoms with van der Waals surface area (Å²) >= 11 is 0. The minimum absolute atomic E-state index is 0.164. The highest BCUT2D eigenvalue weighted by Crippen LogP contribution is 2.50. The Morgan fingerprint density at radius 1 is 0.434 bits per heavy atom. The number of benzene rings is 9. The van der Waals surface area contributed by atoms with Gasteiger partial charge < -0.3 is 9.51 Å². The van der Waals surface area contributed by atoms with Crippen LogP contribution >= 0.6 is 0 Å². The third-order valence-electron chi connectivity index (χ3n) is 16.5. The monoisotopic (exact) mass is 987 g/mol. The first-order valence-corrected chi connectivity index (χ1v) is 27.0. The van der Waals surface area contributed by atoms with Gasteiger partial charge in [0.25, 0.3) is 0 Å². The molecule has 6 heteroatoms. The lowest BCUT2D eigenvalue weighted by Crippen LogP contribution is -2.17. The minimum Gasteiger partial charge on any atom is -0.507 e. The summed E-state index contributed by atoms with van der Waals surface area (Å²) in [5.74, 6) is 1.31. The smallest absolute Gasteiger partial charge is 0.149 e. The zero-order chi connectivity index (χ0) is 52.3. The zero-order valence-corrected chi connectivity index (χ0v) is 45.0. The van der Waals surface area contributed by atoms with Crippen molar-refractivity contribution in [1.82, 2.24) is 23.3 Å². The van der Waals surface area contributed by atoms with Crippen LogP contribution in [-0.2, 0) is 10.8 Å². The van der Waals surface area contributed by atoms with Crippen LogP contribution in [0, 0.1) is 0 Å². The molecule has 0 aliphatic carbocycles. The Morgan fingerprint density at radius 2 is 0.974 bits per heavy atom. The molecule has 5 heterocycles. The van der Waals surface area contributed by atoms with Gasteiger partial charge in [-0.05, 0) is 105 Å². The molecule has 0 aliphatic rings. The molecule has 0 spiro atoms. The van der Waals surface area contributed by atoms with Crippen LogP contribution in [0.4, 0.5) is 0 Å². The van der Waals surface area contributed by atoms with E-state index in [0.29, 0.717) is 5.82 Å². The lowest BCUT2D eigenvalue weighted by molar-refractivity contribution is 0.446. The molecule has 0 aliphatic heterocycles. The van der Waals surface area contributed by atoms with Crippen molar-refractivity contribution in [3.63, 3.8) is 0 Å². The number of hydrogen-bond donors (Lipinski definition) is 1. The topological polar surface area (TPSA) is 59.8 Å². The lowest BCUT2D eigenvalue weighted by atomic mass is 9.78. The van der Waals surface area contributed by atoms with Crippen LogP contribution in [-0.4, -0.2) is 28.4 Å². The van der Waals surface area contributed by atoms with Crippen molar-refractivity contribution in [3.05, 3.63) is 192 Å². The highest BCUT2D eigenvalue weighted by Gasteiger charge is 2.32. The van der Waals surface area contributed by atoms with Gasteiger partial charge in [0, 0.05) is 54.4 Å². The van der Waals surface area contributed by atoms with Crippen LogP contribution in [0.2, 0.25) is 0 Å². The van der Waals surface area contributed by atoms with E-state index < -0.39 is 0 Å². The number of rotatable bonds is 6. The predicted molar refractivity (Wildman–Crippen MR) is 321 cm³/mol. The van der Waals surface area contributed by atoms with Gasteiger partial charge in [0.15, 0.2) is 0 Å². The molecule has 9 aromatic carbocycles. The summed E-state index contributed by atoms with van der Waals surface area (Å²) in [5.41, 5.74) is 19.6. The van der Waals surface area contributed by atoms with E-state index in [9.17, 15) is 5.11 Å². The molecular weight excluding hydrogens is 927 g/mol. The van der Waals surface area contributed by atoms with Crippen LogP contribution in [0.15, 0.2) is 170 Å². The molecule has 0 bridgehead atoms. The molecular formula is C70H61N5O. The van der Waals surface area contributed by atoms with E-state index in [-0.39, 0.29) is 28.4 Å². The number of fused-ring (bicyclic) bond motifs is 16. The number of hydrogen-bond acceptors (Lipinski definition) is 3. The molecule has 0 atom stereocenters. The summed E-state index contributed by atoms with van der Waals surface area (Å²) < 4.78 is 7.25. The molecule has 0 radical (unpaired) electrons. The number of nitrogens with zero attached hydrogens (tertiary/aromatic N) is 5. The Morgan fingerprint density at radius 3 is 1.59 bits per heavy atom. The van der Waals surface area contributed by atoms with Crippen molar-refractivity contribution < 1.29 is 5.11 Å². The molecule has 0 amide bonds. The average Bonchev–Trinajstić information content (AvgIpc) is 4.38. The molecule has 0 saturated heterocycles. The van der Waals surface area contributed by atoms with Crippen molar-refractivity contribution >= 4 is 87.5 Å². The van der Waals surface area contributed by atoms with Crippen molar-refractivity contribution in [2.45, 2.75) is 91.9 Å². The number of aromatic nitrogens is 5. The van der Waals surface area contributed by atoms with E-state index in [4.69, 9.17) is 9.97 Å². The van der Waals surface area contributed by atoms with Crippen molar-refractivity contribution in [1.29, 1.82) is 0 Å². The van der Waals surface area contributed by atoms with E-state index in [2.05, 4.69) is 252 Å². The summed E-state index contributed by atoms with van der Waals surface area (Å²) in [6, 6.07) is 62.1. The molecule has 0 fully saturated rings. The standard InChI is InChI=1S/C70H61N5O/c1-39(2)49-34-42(41-22-12-11-13-23-41)35-50(40(3)4)64(49)75-59-33-21-28-46(63(59)72-68(75)53-36-43(69(5,6)7)37-54(66(53)76)70(8,9)10)45-27-20-32-58-62(45)71-67-52-38-51-44-24-14-17-29-55(44)73-56-30-18-16-26-48(56)61(65(51)73)60(52)47-25-15-19-31-57(47)74(58)67/h11-40,76H,1-10H3. The Bertz CT molecular complexity index is 4690. The molecule has 372 valence electrons. The number of aromatic hydroxyl groups is 1. The summed E-state index contributed by atoms with van der Waals surface area (Å²) in [6.45, 7) is 22.5. The van der Waals surface area contributed by atoms with Gasteiger partial charge >= 0.3 is 0 Å². The SMILES string of the molecule is CC(C)c1cc(-c2ccccc2)cc(C(C)C)c1-n1c(-c2cc(C(C)(C)C)cc(C(C)(C)C)c2O)nc2c(-c3cccc4c3nc3c5cc6c7ccccc7n7c8ccccc8c(c5c5ccccc5n43)c67)cccc21. The largest absolute Gasteiger partial charge is 0.507 e. The maximum Gasteiger partial charge on any atom is 0.149 e. The lowest BCUT2D eigenvalue weighted by Gasteiger charge is -2.28. The maximum atomic E-state index is 12.8. The number of phenolic OH excluding ortho intramolecular Hbond substituents is 1. The molecule has 76 heavy (non-hydrogen) atoms. The first-order chi connectivity index (χ1) is 36.6.